The summed E-state index contributed by atoms with van der Waals surface area (Å²) in [6.07, 6.45) is -0.275. The van der Waals surface area contributed by atoms with E-state index >= 15 is 0 Å². The molecule has 0 aromatic rings. The highest BCUT2D eigenvalue weighted by molar-refractivity contribution is 5.75. The van der Waals surface area contributed by atoms with E-state index in [0.717, 1.165) is 0 Å². The molecule has 0 spiro atoms. The lowest BCUT2D eigenvalue weighted by molar-refractivity contribution is -0.120. The van der Waals surface area contributed by atoms with Crippen LogP contribution in [0.4, 0.5) is 9.59 Å². The van der Waals surface area contributed by atoms with Crippen LogP contribution in [-0.4, -0.2) is 76.3 Å². The van der Waals surface area contributed by atoms with Crippen LogP contribution < -0.4 is 5.32 Å². The van der Waals surface area contributed by atoms with Gasteiger partial charge in [0.15, 0.2) is 0 Å². The third-order valence-electron chi connectivity index (χ3n) is 2.34. The largest absolute Gasteiger partial charge is 0.453 e. The molecule has 0 aliphatic rings. The van der Waals surface area contributed by atoms with Crippen molar-refractivity contribution in [3.8, 4) is 0 Å². The highest BCUT2D eigenvalue weighted by Gasteiger charge is 2.12. The molecule has 0 heterocycles. The average Bonchev–Trinajstić information content (AvgIpc) is 2.49. The van der Waals surface area contributed by atoms with E-state index in [1.54, 1.807) is 21.1 Å². The molecular weight excluding hydrogens is 266 g/mol. The summed E-state index contributed by atoms with van der Waals surface area (Å²) in [5, 5.41) is 2.48. The van der Waals surface area contributed by atoms with Gasteiger partial charge >= 0.3 is 12.2 Å². The maximum absolute atomic E-state index is 10.9. The Morgan fingerprint density at radius 2 is 1.30 bits per heavy atom. The molecule has 0 saturated heterocycles. The van der Waals surface area contributed by atoms with Crippen molar-refractivity contribution in [1.82, 2.24) is 15.1 Å². The van der Waals surface area contributed by atoms with E-state index in [9.17, 15) is 14.4 Å². The Balaban J connectivity index is 0. The SMILES string of the molecule is CCC(=O)NC.COC(=O)N(C)CCN(C)C(=O)OC. The molecule has 3 amide bonds. The minimum atomic E-state index is -0.428. The molecule has 0 saturated carbocycles. The van der Waals surface area contributed by atoms with Crippen molar-refractivity contribution in [2.24, 2.45) is 0 Å². The van der Waals surface area contributed by atoms with Crippen LogP contribution in [0.1, 0.15) is 13.3 Å². The Labute approximate surface area is 120 Å². The van der Waals surface area contributed by atoms with Crippen LogP contribution in [0.15, 0.2) is 0 Å². The van der Waals surface area contributed by atoms with Crippen LogP contribution in [0.2, 0.25) is 0 Å². The molecule has 0 aromatic carbocycles. The van der Waals surface area contributed by atoms with E-state index in [1.807, 2.05) is 6.92 Å². The Kier molecular flexibility index (Phi) is 12.3. The van der Waals surface area contributed by atoms with Gasteiger partial charge in [-0.2, -0.15) is 0 Å². The zero-order valence-electron chi connectivity index (χ0n) is 13.1. The molecule has 0 aliphatic heterocycles. The Morgan fingerprint density at radius 3 is 1.45 bits per heavy atom. The van der Waals surface area contributed by atoms with Crippen molar-refractivity contribution in [2.75, 3.05) is 48.5 Å². The van der Waals surface area contributed by atoms with E-state index in [1.165, 1.54) is 24.0 Å². The fraction of sp³-hybridized carbons (Fsp3) is 0.750. The highest BCUT2D eigenvalue weighted by atomic mass is 16.5. The Hall–Kier alpha value is -1.99. The molecule has 1 N–H and O–H groups in total. The van der Waals surface area contributed by atoms with Gasteiger partial charge in [0.05, 0.1) is 14.2 Å². The number of hydrogen-bond donors (Lipinski definition) is 1. The molecule has 0 aliphatic carbocycles. The molecule has 8 nitrogen and oxygen atoms in total. The fourth-order valence-corrected chi connectivity index (χ4v) is 0.971. The number of likely N-dealkylation sites (N-methyl/N-ethyl adjacent to an activating group) is 2. The molecule has 0 radical (unpaired) electrons. The first-order valence-electron chi connectivity index (χ1n) is 6.12. The normalized spacial score (nSPS) is 8.70. The molecule has 8 heteroatoms. The zero-order valence-corrected chi connectivity index (χ0v) is 13.1. The van der Waals surface area contributed by atoms with Gasteiger partial charge in [0.25, 0.3) is 0 Å². The number of rotatable bonds is 4. The van der Waals surface area contributed by atoms with E-state index in [2.05, 4.69) is 14.8 Å². The lowest BCUT2D eigenvalue weighted by Crippen LogP contribution is -2.37. The standard InChI is InChI=1S/C8H16N2O4.C4H9NO/c1-9(7(11)13-3)5-6-10(2)8(12)14-4;1-3-4(6)5-2/h5-6H2,1-4H3;3H2,1-2H3,(H,5,6). The number of methoxy groups -OCH3 is 2. The van der Waals surface area contributed by atoms with Crippen molar-refractivity contribution < 1.29 is 23.9 Å². The average molecular weight is 291 g/mol. The van der Waals surface area contributed by atoms with Gasteiger partial charge in [0.2, 0.25) is 5.91 Å². The van der Waals surface area contributed by atoms with E-state index in [-0.39, 0.29) is 5.91 Å². The van der Waals surface area contributed by atoms with E-state index in [4.69, 9.17) is 0 Å². The van der Waals surface area contributed by atoms with Crippen molar-refractivity contribution in [2.45, 2.75) is 13.3 Å². The van der Waals surface area contributed by atoms with E-state index < -0.39 is 12.2 Å². The first-order valence-corrected chi connectivity index (χ1v) is 6.12. The lowest BCUT2D eigenvalue weighted by Gasteiger charge is -2.20. The van der Waals surface area contributed by atoms with Gasteiger partial charge in [-0.1, -0.05) is 6.92 Å². The second kappa shape index (κ2) is 12.1. The smallest absolute Gasteiger partial charge is 0.409 e. The van der Waals surface area contributed by atoms with Crippen LogP contribution in [0, 0.1) is 0 Å². The topological polar surface area (TPSA) is 88.2 Å². The predicted molar refractivity (Wildman–Crippen MR) is 74.4 cm³/mol. The minimum Gasteiger partial charge on any atom is -0.453 e. The molecule has 0 bridgehead atoms. The van der Waals surface area contributed by atoms with Crippen molar-refractivity contribution >= 4 is 18.1 Å². The first kappa shape index (κ1) is 20.3. The number of carbonyl (C=O) groups excluding carboxylic acids is 3. The quantitative estimate of drug-likeness (QED) is 0.816. The zero-order chi connectivity index (χ0) is 16.1. The molecule has 0 unspecified atom stereocenters. The number of ether oxygens (including phenoxy) is 2. The number of amides is 3. The number of carbonyl (C=O) groups is 3. The summed E-state index contributed by atoms with van der Waals surface area (Å²) in [7, 11) is 7.44. The van der Waals surface area contributed by atoms with E-state index in [0.29, 0.717) is 19.5 Å². The Bertz CT molecular complexity index is 281. The molecular formula is C12H25N3O5. The summed E-state index contributed by atoms with van der Waals surface area (Å²) in [5.41, 5.74) is 0. The van der Waals surface area contributed by atoms with Crippen LogP contribution in [0.5, 0.6) is 0 Å². The van der Waals surface area contributed by atoms with Gasteiger partial charge in [-0.3, -0.25) is 4.79 Å². The summed E-state index contributed by atoms with van der Waals surface area (Å²) in [5.74, 6) is 0.0926. The molecule has 0 fully saturated rings. The van der Waals surface area contributed by atoms with Gasteiger partial charge in [0.1, 0.15) is 0 Å². The monoisotopic (exact) mass is 291 g/mol. The highest BCUT2D eigenvalue weighted by Crippen LogP contribution is 1.92. The summed E-state index contributed by atoms with van der Waals surface area (Å²) < 4.78 is 8.97. The molecule has 0 atom stereocenters. The second-order valence-electron chi connectivity index (χ2n) is 3.81. The molecule has 20 heavy (non-hydrogen) atoms. The summed E-state index contributed by atoms with van der Waals surface area (Å²) in [4.78, 5) is 34.7. The van der Waals surface area contributed by atoms with Gasteiger partial charge in [-0.25, -0.2) is 9.59 Å². The third kappa shape index (κ3) is 9.98. The Morgan fingerprint density at radius 1 is 0.950 bits per heavy atom. The number of nitrogens with one attached hydrogen (secondary N) is 1. The van der Waals surface area contributed by atoms with Gasteiger partial charge < -0.3 is 24.6 Å². The maximum Gasteiger partial charge on any atom is 0.409 e. The van der Waals surface area contributed by atoms with Crippen molar-refractivity contribution in [1.29, 1.82) is 0 Å². The summed E-state index contributed by atoms with van der Waals surface area (Å²) in [6.45, 7) is 2.62. The van der Waals surface area contributed by atoms with Crippen LogP contribution >= 0.6 is 0 Å². The summed E-state index contributed by atoms with van der Waals surface area (Å²) >= 11 is 0. The van der Waals surface area contributed by atoms with Crippen LogP contribution in [0.3, 0.4) is 0 Å². The van der Waals surface area contributed by atoms with Gasteiger partial charge in [0, 0.05) is 40.7 Å². The first-order chi connectivity index (χ1) is 9.33. The predicted octanol–water partition coefficient (Wildman–Crippen LogP) is 0.525. The summed E-state index contributed by atoms with van der Waals surface area (Å²) in [6, 6.07) is 0. The van der Waals surface area contributed by atoms with Gasteiger partial charge in [-0.15, -0.1) is 0 Å². The maximum atomic E-state index is 10.9. The third-order valence-corrected chi connectivity index (χ3v) is 2.34. The number of nitrogens with zero attached hydrogens (tertiary/aromatic N) is 2. The minimum absolute atomic E-state index is 0.0926. The van der Waals surface area contributed by atoms with Crippen molar-refractivity contribution in [3.05, 3.63) is 0 Å². The van der Waals surface area contributed by atoms with Gasteiger partial charge in [-0.05, 0) is 0 Å². The molecule has 0 aromatic heterocycles. The molecule has 118 valence electrons. The second-order valence-corrected chi connectivity index (χ2v) is 3.81. The lowest BCUT2D eigenvalue weighted by atomic mass is 10.5. The van der Waals surface area contributed by atoms with Crippen LogP contribution in [0.25, 0.3) is 0 Å². The number of hydrogen-bond acceptors (Lipinski definition) is 5. The van der Waals surface area contributed by atoms with Crippen LogP contribution in [-0.2, 0) is 14.3 Å². The fourth-order valence-electron chi connectivity index (χ4n) is 0.971. The molecule has 0 rings (SSSR count). The van der Waals surface area contributed by atoms with Crippen molar-refractivity contribution in [3.63, 3.8) is 0 Å².